The van der Waals surface area contributed by atoms with E-state index in [2.05, 4.69) is 5.32 Å². The Balaban J connectivity index is 2.08. The maximum atomic E-state index is 12.6. The first kappa shape index (κ1) is 16.1. The number of nitrogens with one attached hydrogen (secondary N) is 1. The van der Waals surface area contributed by atoms with Crippen molar-refractivity contribution >= 4 is 11.8 Å². The molecular formula is C16H22N2O4. The van der Waals surface area contributed by atoms with Gasteiger partial charge in [0, 0.05) is 37.7 Å². The predicted octanol–water partition coefficient (Wildman–Crippen LogP) is 1.30. The number of methoxy groups -OCH3 is 2. The Labute approximate surface area is 130 Å². The summed E-state index contributed by atoms with van der Waals surface area (Å²) < 4.78 is 10.4. The van der Waals surface area contributed by atoms with Gasteiger partial charge >= 0.3 is 0 Å². The van der Waals surface area contributed by atoms with E-state index in [1.807, 2.05) is 0 Å². The van der Waals surface area contributed by atoms with E-state index >= 15 is 0 Å². The van der Waals surface area contributed by atoms with E-state index < -0.39 is 0 Å². The summed E-state index contributed by atoms with van der Waals surface area (Å²) in [5.41, 5.74) is 0.537. The first-order valence-corrected chi connectivity index (χ1v) is 7.33. The number of carbonyl (C=O) groups is 2. The molecule has 1 aliphatic rings. The van der Waals surface area contributed by atoms with Crippen LogP contribution in [0.15, 0.2) is 18.2 Å². The fraction of sp³-hybridized carbons (Fsp3) is 0.500. The van der Waals surface area contributed by atoms with Crippen molar-refractivity contribution in [3.8, 4) is 11.5 Å². The van der Waals surface area contributed by atoms with Gasteiger partial charge in [0.05, 0.1) is 14.2 Å². The Hall–Kier alpha value is -2.24. The number of piperidine rings is 1. The number of likely N-dealkylation sites (tertiary alicyclic amines) is 1. The summed E-state index contributed by atoms with van der Waals surface area (Å²) in [6.07, 6.45) is 1.37. The highest BCUT2D eigenvalue weighted by molar-refractivity contribution is 5.95. The standard InChI is InChI=1S/C16H22N2O4/c1-17-15(19)11-4-6-18(7-5-11)16(20)12-8-13(21-2)10-14(9-12)22-3/h8-11H,4-7H2,1-3H3,(H,17,19). The van der Waals surface area contributed by atoms with Crippen LogP contribution in [0.1, 0.15) is 23.2 Å². The Morgan fingerprint density at radius 2 is 1.64 bits per heavy atom. The molecule has 0 spiro atoms. The van der Waals surface area contributed by atoms with Gasteiger partial charge in [-0.25, -0.2) is 0 Å². The molecule has 1 aromatic rings. The van der Waals surface area contributed by atoms with Gasteiger partial charge in [0.2, 0.25) is 5.91 Å². The molecule has 1 saturated heterocycles. The monoisotopic (exact) mass is 306 g/mol. The number of carbonyl (C=O) groups excluding carboxylic acids is 2. The fourth-order valence-electron chi connectivity index (χ4n) is 2.66. The van der Waals surface area contributed by atoms with E-state index in [-0.39, 0.29) is 17.7 Å². The lowest BCUT2D eigenvalue weighted by Crippen LogP contribution is -2.42. The Morgan fingerprint density at radius 3 is 2.09 bits per heavy atom. The Kier molecular flexibility index (Phi) is 5.25. The molecule has 0 atom stereocenters. The molecule has 2 amide bonds. The highest BCUT2D eigenvalue weighted by Gasteiger charge is 2.27. The molecule has 1 fully saturated rings. The highest BCUT2D eigenvalue weighted by atomic mass is 16.5. The van der Waals surface area contributed by atoms with E-state index in [0.717, 1.165) is 0 Å². The summed E-state index contributed by atoms with van der Waals surface area (Å²) in [7, 11) is 4.75. The van der Waals surface area contributed by atoms with Gasteiger partial charge in [0.15, 0.2) is 0 Å². The van der Waals surface area contributed by atoms with Gasteiger partial charge in [-0.3, -0.25) is 9.59 Å². The fourth-order valence-corrected chi connectivity index (χ4v) is 2.66. The highest BCUT2D eigenvalue weighted by Crippen LogP contribution is 2.25. The maximum Gasteiger partial charge on any atom is 0.254 e. The van der Waals surface area contributed by atoms with Crippen molar-refractivity contribution in [2.75, 3.05) is 34.4 Å². The second kappa shape index (κ2) is 7.15. The molecule has 2 rings (SSSR count). The molecular weight excluding hydrogens is 284 g/mol. The van der Waals surface area contributed by atoms with Gasteiger partial charge in [-0.1, -0.05) is 0 Å². The van der Waals surface area contributed by atoms with Gasteiger partial charge in [-0.2, -0.15) is 0 Å². The molecule has 1 aliphatic heterocycles. The van der Waals surface area contributed by atoms with Crippen LogP contribution in [0.4, 0.5) is 0 Å². The lowest BCUT2D eigenvalue weighted by atomic mass is 9.95. The van der Waals surface area contributed by atoms with Gasteiger partial charge in [0.25, 0.3) is 5.91 Å². The molecule has 0 aromatic heterocycles. The first-order valence-electron chi connectivity index (χ1n) is 7.33. The molecule has 1 heterocycles. The third kappa shape index (κ3) is 3.50. The van der Waals surface area contributed by atoms with E-state index in [4.69, 9.17) is 9.47 Å². The summed E-state index contributed by atoms with van der Waals surface area (Å²) in [5, 5.41) is 2.67. The van der Waals surface area contributed by atoms with E-state index in [1.54, 1.807) is 44.4 Å². The first-order chi connectivity index (χ1) is 10.6. The minimum absolute atomic E-state index is 0.00565. The molecule has 0 aliphatic carbocycles. The van der Waals surface area contributed by atoms with Crippen molar-refractivity contribution in [3.05, 3.63) is 23.8 Å². The molecule has 0 saturated carbocycles. The van der Waals surface area contributed by atoms with Crippen molar-refractivity contribution in [2.45, 2.75) is 12.8 Å². The average Bonchev–Trinajstić information content (AvgIpc) is 2.59. The molecule has 120 valence electrons. The summed E-state index contributed by atoms with van der Waals surface area (Å²) >= 11 is 0. The minimum Gasteiger partial charge on any atom is -0.497 e. The number of ether oxygens (including phenoxy) is 2. The smallest absolute Gasteiger partial charge is 0.254 e. The van der Waals surface area contributed by atoms with Gasteiger partial charge in [-0.05, 0) is 25.0 Å². The van der Waals surface area contributed by atoms with Crippen molar-refractivity contribution in [2.24, 2.45) is 5.92 Å². The molecule has 0 radical (unpaired) electrons. The third-order valence-corrected chi connectivity index (χ3v) is 4.00. The van der Waals surface area contributed by atoms with Crippen LogP contribution >= 0.6 is 0 Å². The summed E-state index contributed by atoms with van der Waals surface area (Å²) in [6.45, 7) is 1.16. The molecule has 6 heteroatoms. The number of hydrogen-bond donors (Lipinski definition) is 1. The largest absolute Gasteiger partial charge is 0.497 e. The van der Waals surface area contributed by atoms with Crippen molar-refractivity contribution in [1.82, 2.24) is 10.2 Å². The van der Waals surface area contributed by atoms with E-state index in [0.29, 0.717) is 43.0 Å². The van der Waals surface area contributed by atoms with Crippen LogP contribution in [0.5, 0.6) is 11.5 Å². The normalized spacial score (nSPS) is 15.3. The van der Waals surface area contributed by atoms with E-state index in [9.17, 15) is 9.59 Å². The minimum atomic E-state index is -0.0624. The van der Waals surface area contributed by atoms with Crippen molar-refractivity contribution in [1.29, 1.82) is 0 Å². The zero-order valence-corrected chi connectivity index (χ0v) is 13.2. The summed E-state index contributed by atoms with van der Waals surface area (Å²) in [4.78, 5) is 26.0. The van der Waals surface area contributed by atoms with Crippen molar-refractivity contribution < 1.29 is 19.1 Å². The van der Waals surface area contributed by atoms with Crippen LogP contribution in [0.2, 0.25) is 0 Å². The quantitative estimate of drug-likeness (QED) is 0.910. The second-order valence-electron chi connectivity index (χ2n) is 5.28. The van der Waals surface area contributed by atoms with Crippen molar-refractivity contribution in [3.63, 3.8) is 0 Å². The topological polar surface area (TPSA) is 67.9 Å². The zero-order valence-electron chi connectivity index (χ0n) is 13.2. The Morgan fingerprint density at radius 1 is 1.09 bits per heavy atom. The Bertz CT molecular complexity index is 529. The van der Waals surface area contributed by atoms with Gasteiger partial charge < -0.3 is 19.7 Å². The van der Waals surface area contributed by atoms with Crippen LogP contribution in [0, 0.1) is 5.92 Å². The SMILES string of the molecule is CNC(=O)C1CCN(C(=O)c2cc(OC)cc(OC)c2)CC1. The van der Waals surface area contributed by atoms with Crippen LogP contribution in [0.3, 0.4) is 0 Å². The molecule has 6 nitrogen and oxygen atoms in total. The van der Waals surface area contributed by atoms with Gasteiger partial charge in [-0.15, -0.1) is 0 Å². The molecule has 22 heavy (non-hydrogen) atoms. The summed E-state index contributed by atoms with van der Waals surface area (Å²) in [6, 6.07) is 5.14. The molecule has 1 aromatic carbocycles. The number of benzene rings is 1. The van der Waals surface area contributed by atoms with Crippen LogP contribution in [-0.4, -0.2) is 51.1 Å². The van der Waals surface area contributed by atoms with Crippen LogP contribution < -0.4 is 14.8 Å². The zero-order chi connectivity index (χ0) is 16.1. The second-order valence-corrected chi connectivity index (χ2v) is 5.28. The summed E-state index contributed by atoms with van der Waals surface area (Å²) in [5.74, 6) is 1.16. The average molecular weight is 306 g/mol. The molecule has 0 bridgehead atoms. The lowest BCUT2D eigenvalue weighted by Gasteiger charge is -2.31. The van der Waals surface area contributed by atoms with E-state index in [1.165, 1.54) is 0 Å². The molecule has 0 unspecified atom stereocenters. The predicted molar refractivity (Wildman–Crippen MR) is 82.2 cm³/mol. The molecule has 1 N–H and O–H groups in total. The number of rotatable bonds is 4. The number of nitrogens with zero attached hydrogens (tertiary/aromatic N) is 1. The maximum absolute atomic E-state index is 12.6. The van der Waals surface area contributed by atoms with Gasteiger partial charge in [0.1, 0.15) is 11.5 Å². The van der Waals surface area contributed by atoms with Crippen LogP contribution in [-0.2, 0) is 4.79 Å². The lowest BCUT2D eigenvalue weighted by molar-refractivity contribution is -0.125. The van der Waals surface area contributed by atoms with Crippen LogP contribution in [0.25, 0.3) is 0 Å². The number of amides is 2. The third-order valence-electron chi connectivity index (χ3n) is 4.00. The number of hydrogen-bond acceptors (Lipinski definition) is 4.